The van der Waals surface area contributed by atoms with E-state index in [2.05, 4.69) is 12.1 Å². The standard InChI is InChI=1S/C16H26N2O2.ClH/c1-13(17)6-11-16(19)18(2)12-4-5-14-7-9-15(20-3)10-8-14;/h7-10,13H,4-6,11-12,17H2,1-3H3;1H. The molecule has 4 nitrogen and oxygen atoms in total. The normalized spacial score (nSPS) is 11.4. The van der Waals surface area contributed by atoms with E-state index in [1.165, 1.54) is 5.56 Å². The number of rotatable bonds is 8. The number of hydrogen-bond donors (Lipinski definition) is 1. The molecule has 0 saturated carbocycles. The van der Waals surface area contributed by atoms with Crippen molar-refractivity contribution in [2.75, 3.05) is 20.7 Å². The molecule has 0 saturated heterocycles. The van der Waals surface area contributed by atoms with Crippen LogP contribution in [0.4, 0.5) is 0 Å². The highest BCUT2D eigenvalue weighted by atomic mass is 35.5. The zero-order valence-electron chi connectivity index (χ0n) is 13.2. The predicted molar refractivity (Wildman–Crippen MR) is 89.1 cm³/mol. The summed E-state index contributed by atoms with van der Waals surface area (Å²) in [5, 5.41) is 0. The quantitative estimate of drug-likeness (QED) is 0.802. The highest BCUT2D eigenvalue weighted by Crippen LogP contribution is 2.12. The Labute approximate surface area is 134 Å². The molecule has 0 bridgehead atoms. The van der Waals surface area contributed by atoms with Crippen LogP contribution in [0.15, 0.2) is 24.3 Å². The summed E-state index contributed by atoms with van der Waals surface area (Å²) in [6, 6.07) is 8.15. The van der Waals surface area contributed by atoms with Gasteiger partial charge in [-0.25, -0.2) is 0 Å². The van der Waals surface area contributed by atoms with Gasteiger partial charge in [-0.15, -0.1) is 12.4 Å². The number of halogens is 1. The van der Waals surface area contributed by atoms with Gasteiger partial charge >= 0.3 is 0 Å². The molecular formula is C16H27ClN2O2. The largest absolute Gasteiger partial charge is 0.497 e. The molecule has 0 heterocycles. The summed E-state index contributed by atoms with van der Waals surface area (Å²) in [5.41, 5.74) is 6.93. The SMILES string of the molecule is COc1ccc(CCCN(C)C(=O)CCC(C)N)cc1.Cl. The molecule has 1 aromatic rings. The summed E-state index contributed by atoms with van der Waals surface area (Å²) in [4.78, 5) is 13.6. The molecule has 0 aromatic heterocycles. The van der Waals surface area contributed by atoms with Gasteiger partial charge in [0.25, 0.3) is 0 Å². The molecule has 1 unspecified atom stereocenters. The van der Waals surface area contributed by atoms with Crippen molar-refractivity contribution < 1.29 is 9.53 Å². The summed E-state index contributed by atoms with van der Waals surface area (Å²) in [7, 11) is 3.52. The van der Waals surface area contributed by atoms with Crippen LogP contribution in [0.3, 0.4) is 0 Å². The number of methoxy groups -OCH3 is 1. The summed E-state index contributed by atoms with van der Waals surface area (Å²) >= 11 is 0. The van der Waals surface area contributed by atoms with Crippen LogP contribution in [0.5, 0.6) is 5.75 Å². The van der Waals surface area contributed by atoms with E-state index in [9.17, 15) is 4.79 Å². The number of aryl methyl sites for hydroxylation is 1. The molecule has 1 atom stereocenters. The molecule has 21 heavy (non-hydrogen) atoms. The third-order valence-electron chi connectivity index (χ3n) is 3.36. The second-order valence-electron chi connectivity index (χ2n) is 5.28. The van der Waals surface area contributed by atoms with Gasteiger partial charge in [0.15, 0.2) is 0 Å². The minimum absolute atomic E-state index is 0. The van der Waals surface area contributed by atoms with Crippen LogP contribution in [0.1, 0.15) is 31.7 Å². The molecule has 0 radical (unpaired) electrons. The summed E-state index contributed by atoms with van der Waals surface area (Å²) in [6.07, 6.45) is 3.22. The maximum atomic E-state index is 11.8. The van der Waals surface area contributed by atoms with E-state index in [0.29, 0.717) is 6.42 Å². The third-order valence-corrected chi connectivity index (χ3v) is 3.36. The van der Waals surface area contributed by atoms with E-state index in [0.717, 1.165) is 31.6 Å². The Hall–Kier alpha value is -1.26. The van der Waals surface area contributed by atoms with E-state index in [1.807, 2.05) is 26.1 Å². The van der Waals surface area contributed by atoms with E-state index >= 15 is 0 Å². The molecule has 1 rings (SSSR count). The maximum absolute atomic E-state index is 11.8. The fourth-order valence-electron chi connectivity index (χ4n) is 1.98. The monoisotopic (exact) mass is 314 g/mol. The Kier molecular flexibility index (Phi) is 9.84. The van der Waals surface area contributed by atoms with Crippen LogP contribution in [0.2, 0.25) is 0 Å². The van der Waals surface area contributed by atoms with Crippen LogP contribution in [0, 0.1) is 0 Å². The Balaban J connectivity index is 0.00000400. The second kappa shape index (κ2) is 10.5. The maximum Gasteiger partial charge on any atom is 0.222 e. The van der Waals surface area contributed by atoms with Crippen molar-refractivity contribution in [3.8, 4) is 5.75 Å². The van der Waals surface area contributed by atoms with Crippen molar-refractivity contribution >= 4 is 18.3 Å². The van der Waals surface area contributed by atoms with Crippen molar-refractivity contribution in [2.45, 2.75) is 38.6 Å². The van der Waals surface area contributed by atoms with Gasteiger partial charge in [0.05, 0.1) is 7.11 Å². The first-order valence-corrected chi connectivity index (χ1v) is 7.15. The first-order chi connectivity index (χ1) is 9.52. The molecule has 0 aliphatic rings. The lowest BCUT2D eigenvalue weighted by molar-refractivity contribution is -0.130. The fourth-order valence-corrected chi connectivity index (χ4v) is 1.98. The average molecular weight is 315 g/mol. The minimum atomic E-state index is 0. The van der Waals surface area contributed by atoms with Crippen molar-refractivity contribution in [2.24, 2.45) is 5.73 Å². The number of amides is 1. The number of carbonyl (C=O) groups excluding carboxylic acids is 1. The molecule has 1 amide bonds. The number of ether oxygens (including phenoxy) is 1. The molecule has 0 spiro atoms. The molecule has 5 heteroatoms. The third kappa shape index (κ3) is 7.93. The van der Waals surface area contributed by atoms with E-state index < -0.39 is 0 Å². The summed E-state index contributed by atoms with van der Waals surface area (Å²) in [6.45, 7) is 2.71. The zero-order valence-corrected chi connectivity index (χ0v) is 14.0. The zero-order chi connectivity index (χ0) is 15.0. The molecule has 0 fully saturated rings. The minimum Gasteiger partial charge on any atom is -0.497 e. The number of carbonyl (C=O) groups is 1. The van der Waals surface area contributed by atoms with E-state index in [4.69, 9.17) is 10.5 Å². The van der Waals surface area contributed by atoms with Crippen LogP contribution < -0.4 is 10.5 Å². The van der Waals surface area contributed by atoms with Gasteiger partial charge in [-0.05, 0) is 43.9 Å². The van der Waals surface area contributed by atoms with Crippen molar-refractivity contribution in [1.82, 2.24) is 4.90 Å². The number of hydrogen-bond acceptors (Lipinski definition) is 3. The average Bonchev–Trinajstić information content (AvgIpc) is 2.45. The molecular weight excluding hydrogens is 288 g/mol. The first kappa shape index (κ1) is 19.7. The second-order valence-corrected chi connectivity index (χ2v) is 5.28. The fraction of sp³-hybridized carbons (Fsp3) is 0.562. The molecule has 0 aliphatic heterocycles. The van der Waals surface area contributed by atoms with Crippen molar-refractivity contribution in [3.05, 3.63) is 29.8 Å². The molecule has 1 aromatic carbocycles. The lowest BCUT2D eigenvalue weighted by Gasteiger charge is -2.17. The number of benzene rings is 1. The smallest absolute Gasteiger partial charge is 0.222 e. The summed E-state index contributed by atoms with van der Waals surface area (Å²) in [5.74, 6) is 1.05. The van der Waals surface area contributed by atoms with Gasteiger partial charge in [-0.1, -0.05) is 12.1 Å². The highest BCUT2D eigenvalue weighted by molar-refractivity contribution is 5.85. The topological polar surface area (TPSA) is 55.6 Å². The van der Waals surface area contributed by atoms with Gasteiger partial charge in [-0.2, -0.15) is 0 Å². The predicted octanol–water partition coefficient (Wildman–Crippen LogP) is 2.64. The lowest BCUT2D eigenvalue weighted by Crippen LogP contribution is -2.29. The van der Waals surface area contributed by atoms with Gasteiger partial charge in [0.1, 0.15) is 5.75 Å². The van der Waals surface area contributed by atoms with Crippen molar-refractivity contribution in [3.63, 3.8) is 0 Å². The first-order valence-electron chi connectivity index (χ1n) is 7.15. The Morgan fingerprint density at radius 1 is 1.33 bits per heavy atom. The molecule has 120 valence electrons. The van der Waals surface area contributed by atoms with Gasteiger partial charge < -0.3 is 15.4 Å². The van der Waals surface area contributed by atoms with Crippen molar-refractivity contribution in [1.29, 1.82) is 0 Å². The Morgan fingerprint density at radius 3 is 2.48 bits per heavy atom. The van der Waals surface area contributed by atoms with E-state index in [1.54, 1.807) is 12.0 Å². The van der Waals surface area contributed by atoms with Crippen LogP contribution in [-0.2, 0) is 11.2 Å². The van der Waals surface area contributed by atoms with Crippen LogP contribution in [0.25, 0.3) is 0 Å². The molecule has 2 N–H and O–H groups in total. The van der Waals surface area contributed by atoms with Crippen LogP contribution >= 0.6 is 12.4 Å². The molecule has 0 aliphatic carbocycles. The van der Waals surface area contributed by atoms with Crippen LogP contribution in [-0.4, -0.2) is 37.6 Å². The van der Waals surface area contributed by atoms with Gasteiger partial charge in [0.2, 0.25) is 5.91 Å². The number of nitrogens with two attached hydrogens (primary N) is 1. The summed E-state index contributed by atoms with van der Waals surface area (Å²) < 4.78 is 5.13. The van der Waals surface area contributed by atoms with Gasteiger partial charge in [-0.3, -0.25) is 4.79 Å². The lowest BCUT2D eigenvalue weighted by atomic mass is 10.1. The van der Waals surface area contributed by atoms with E-state index in [-0.39, 0.29) is 24.4 Å². The Morgan fingerprint density at radius 2 is 1.95 bits per heavy atom. The van der Waals surface area contributed by atoms with Gasteiger partial charge in [0, 0.05) is 26.1 Å². The number of nitrogens with zero attached hydrogens (tertiary/aromatic N) is 1. The Bertz CT molecular complexity index is 407. The highest BCUT2D eigenvalue weighted by Gasteiger charge is 2.09.